The number of carbonyl (C=O) groups excluding carboxylic acids is 1. The molecule has 19 heavy (non-hydrogen) atoms. The highest BCUT2D eigenvalue weighted by Gasteiger charge is 2.49. The van der Waals surface area contributed by atoms with E-state index in [9.17, 15) is 9.18 Å². The van der Waals surface area contributed by atoms with E-state index in [1.807, 2.05) is 0 Å². The Kier molecular flexibility index (Phi) is 3.63. The Bertz CT molecular complexity index is 499. The van der Waals surface area contributed by atoms with E-state index in [1.165, 1.54) is 12.1 Å². The summed E-state index contributed by atoms with van der Waals surface area (Å²) in [5.41, 5.74) is 0.908. The van der Waals surface area contributed by atoms with Crippen LogP contribution in [0.4, 0.5) is 4.39 Å². The first-order valence-electron chi connectivity index (χ1n) is 6.46. The highest BCUT2D eigenvalue weighted by molar-refractivity contribution is 5.94. The molecule has 1 N–H and O–H groups in total. The number of ether oxygens (including phenoxy) is 1. The molecule has 0 aromatic heterocycles. The van der Waals surface area contributed by atoms with Gasteiger partial charge in [0, 0.05) is 24.1 Å². The number of hydrogen-bond donors (Lipinski definition) is 1. The molecule has 104 valence electrons. The predicted octanol–water partition coefficient (Wildman–Crippen LogP) is 2.68. The molecule has 1 aromatic rings. The lowest BCUT2D eigenvalue weighted by Gasteiger charge is -2.51. The monoisotopic (exact) mass is 265 g/mol. The standard InChI is InChI=1S/C15H20FNO2/c1-9-7-10(5-6-11(9)16)14(18)17-12-8-13(19-4)15(12,2)3/h5-7,12-13H,8H2,1-4H3,(H,17,18). The van der Waals surface area contributed by atoms with E-state index in [0.717, 1.165) is 6.42 Å². The van der Waals surface area contributed by atoms with Gasteiger partial charge in [-0.25, -0.2) is 4.39 Å². The van der Waals surface area contributed by atoms with Crippen LogP contribution in [0.15, 0.2) is 18.2 Å². The second kappa shape index (κ2) is 4.93. The number of halogens is 1. The van der Waals surface area contributed by atoms with Gasteiger partial charge in [-0.1, -0.05) is 13.8 Å². The molecule has 2 unspecified atom stereocenters. The Labute approximate surface area is 113 Å². The zero-order valence-corrected chi connectivity index (χ0v) is 11.8. The Balaban J connectivity index is 2.04. The van der Waals surface area contributed by atoms with Crippen molar-refractivity contribution < 1.29 is 13.9 Å². The third kappa shape index (κ3) is 2.50. The minimum Gasteiger partial charge on any atom is -0.381 e. The van der Waals surface area contributed by atoms with E-state index >= 15 is 0 Å². The highest BCUT2D eigenvalue weighted by Crippen LogP contribution is 2.42. The Morgan fingerprint density at radius 3 is 2.68 bits per heavy atom. The zero-order valence-electron chi connectivity index (χ0n) is 11.8. The summed E-state index contributed by atoms with van der Waals surface area (Å²) in [6, 6.07) is 4.50. The Hall–Kier alpha value is -1.42. The smallest absolute Gasteiger partial charge is 0.251 e. The zero-order chi connectivity index (χ0) is 14.2. The van der Waals surface area contributed by atoms with Gasteiger partial charge in [-0.2, -0.15) is 0 Å². The molecule has 0 radical (unpaired) electrons. The molecule has 1 saturated carbocycles. The summed E-state index contributed by atoms with van der Waals surface area (Å²) in [6.45, 7) is 5.80. The molecular weight excluding hydrogens is 245 g/mol. The van der Waals surface area contributed by atoms with Crippen LogP contribution >= 0.6 is 0 Å². The van der Waals surface area contributed by atoms with Gasteiger partial charge in [0.25, 0.3) is 5.91 Å². The summed E-state index contributed by atoms with van der Waals surface area (Å²) < 4.78 is 18.5. The van der Waals surface area contributed by atoms with Crippen LogP contribution in [-0.2, 0) is 4.74 Å². The van der Waals surface area contributed by atoms with Crippen molar-refractivity contribution in [2.24, 2.45) is 5.41 Å². The molecule has 1 amide bonds. The summed E-state index contributed by atoms with van der Waals surface area (Å²) in [4.78, 5) is 12.1. The molecule has 2 rings (SSSR count). The molecule has 4 heteroatoms. The number of benzene rings is 1. The van der Waals surface area contributed by atoms with Crippen molar-refractivity contribution >= 4 is 5.91 Å². The van der Waals surface area contributed by atoms with E-state index in [4.69, 9.17) is 4.74 Å². The molecule has 1 fully saturated rings. The van der Waals surface area contributed by atoms with E-state index < -0.39 is 0 Å². The average Bonchev–Trinajstić information content (AvgIpc) is 2.36. The van der Waals surface area contributed by atoms with Crippen LogP contribution in [0.25, 0.3) is 0 Å². The number of hydrogen-bond acceptors (Lipinski definition) is 2. The molecule has 0 saturated heterocycles. The molecule has 0 heterocycles. The fraction of sp³-hybridized carbons (Fsp3) is 0.533. The first kappa shape index (κ1) is 14.0. The predicted molar refractivity (Wildman–Crippen MR) is 71.6 cm³/mol. The first-order valence-corrected chi connectivity index (χ1v) is 6.46. The number of nitrogens with one attached hydrogen (secondary N) is 1. The molecule has 0 bridgehead atoms. The topological polar surface area (TPSA) is 38.3 Å². The van der Waals surface area contributed by atoms with Gasteiger partial charge in [0.1, 0.15) is 5.82 Å². The Morgan fingerprint density at radius 2 is 2.16 bits per heavy atom. The molecular formula is C15H20FNO2. The molecule has 1 aliphatic rings. The minimum absolute atomic E-state index is 0.0700. The second-order valence-electron chi connectivity index (χ2n) is 5.77. The third-order valence-corrected chi connectivity index (χ3v) is 4.19. The van der Waals surface area contributed by atoms with Gasteiger partial charge in [0.15, 0.2) is 0 Å². The molecule has 2 atom stereocenters. The summed E-state index contributed by atoms with van der Waals surface area (Å²) in [5, 5.41) is 2.99. The normalized spacial score (nSPS) is 24.7. The average molecular weight is 265 g/mol. The summed E-state index contributed by atoms with van der Waals surface area (Å²) >= 11 is 0. The quantitative estimate of drug-likeness (QED) is 0.912. The van der Waals surface area contributed by atoms with Gasteiger partial charge in [-0.3, -0.25) is 4.79 Å². The van der Waals surface area contributed by atoms with Crippen LogP contribution in [-0.4, -0.2) is 25.2 Å². The summed E-state index contributed by atoms with van der Waals surface area (Å²) in [5.74, 6) is -0.448. The maximum Gasteiger partial charge on any atom is 0.251 e. The van der Waals surface area contributed by atoms with E-state index in [2.05, 4.69) is 19.2 Å². The van der Waals surface area contributed by atoms with Gasteiger partial charge < -0.3 is 10.1 Å². The number of rotatable bonds is 3. The fourth-order valence-electron chi connectivity index (χ4n) is 2.56. The van der Waals surface area contributed by atoms with Crippen LogP contribution in [0.1, 0.15) is 36.2 Å². The van der Waals surface area contributed by atoms with E-state index in [0.29, 0.717) is 11.1 Å². The summed E-state index contributed by atoms with van der Waals surface area (Å²) in [7, 11) is 1.69. The van der Waals surface area contributed by atoms with Crippen molar-refractivity contribution in [2.45, 2.75) is 39.3 Å². The van der Waals surface area contributed by atoms with Crippen LogP contribution in [0.5, 0.6) is 0 Å². The fourth-order valence-corrected chi connectivity index (χ4v) is 2.56. The van der Waals surface area contributed by atoms with E-state index in [1.54, 1.807) is 20.1 Å². The molecule has 1 aromatic carbocycles. The van der Waals surface area contributed by atoms with Gasteiger partial charge in [0.2, 0.25) is 0 Å². The summed E-state index contributed by atoms with van der Waals surface area (Å²) in [6.07, 6.45) is 0.989. The number of carbonyl (C=O) groups is 1. The molecule has 0 spiro atoms. The van der Waals surface area contributed by atoms with Gasteiger partial charge >= 0.3 is 0 Å². The van der Waals surface area contributed by atoms with Crippen LogP contribution in [0.3, 0.4) is 0 Å². The van der Waals surface area contributed by atoms with Crippen LogP contribution in [0, 0.1) is 18.2 Å². The van der Waals surface area contributed by atoms with Crippen molar-refractivity contribution in [2.75, 3.05) is 7.11 Å². The van der Waals surface area contributed by atoms with Crippen molar-refractivity contribution in [1.29, 1.82) is 0 Å². The SMILES string of the molecule is COC1CC(NC(=O)c2ccc(F)c(C)c2)C1(C)C. The molecule has 0 aliphatic heterocycles. The molecule has 3 nitrogen and oxygen atoms in total. The number of methoxy groups -OCH3 is 1. The van der Waals surface area contributed by atoms with Gasteiger partial charge in [-0.15, -0.1) is 0 Å². The number of aryl methyl sites for hydroxylation is 1. The first-order chi connectivity index (χ1) is 8.86. The second-order valence-corrected chi connectivity index (χ2v) is 5.77. The largest absolute Gasteiger partial charge is 0.381 e. The maximum atomic E-state index is 13.2. The van der Waals surface area contributed by atoms with Crippen LogP contribution in [0.2, 0.25) is 0 Å². The Morgan fingerprint density at radius 1 is 1.47 bits per heavy atom. The lowest BCUT2D eigenvalue weighted by molar-refractivity contribution is -0.0942. The van der Waals surface area contributed by atoms with Gasteiger partial charge in [0.05, 0.1) is 6.10 Å². The van der Waals surface area contributed by atoms with Crippen molar-refractivity contribution in [3.05, 3.63) is 35.1 Å². The van der Waals surface area contributed by atoms with Crippen molar-refractivity contribution in [1.82, 2.24) is 5.32 Å². The maximum absolute atomic E-state index is 13.2. The third-order valence-electron chi connectivity index (χ3n) is 4.19. The minimum atomic E-state index is -0.292. The lowest BCUT2D eigenvalue weighted by Crippen LogP contribution is -2.61. The molecule has 1 aliphatic carbocycles. The highest BCUT2D eigenvalue weighted by atomic mass is 19.1. The van der Waals surface area contributed by atoms with Crippen LogP contribution < -0.4 is 5.32 Å². The van der Waals surface area contributed by atoms with Crippen molar-refractivity contribution in [3.8, 4) is 0 Å². The van der Waals surface area contributed by atoms with E-state index in [-0.39, 0.29) is 29.3 Å². The van der Waals surface area contributed by atoms with Crippen molar-refractivity contribution in [3.63, 3.8) is 0 Å². The number of amides is 1. The van der Waals surface area contributed by atoms with Gasteiger partial charge in [-0.05, 0) is 37.1 Å². The lowest BCUT2D eigenvalue weighted by atomic mass is 9.64.